The molecule has 0 bridgehead atoms. The van der Waals surface area contributed by atoms with E-state index in [0.29, 0.717) is 6.04 Å². The zero-order chi connectivity index (χ0) is 10.8. The van der Waals surface area contributed by atoms with Crippen LogP contribution in [0.3, 0.4) is 0 Å². The molecule has 1 atom stereocenters. The van der Waals surface area contributed by atoms with Gasteiger partial charge in [-0.1, -0.05) is 18.2 Å². The number of hydrogen-bond acceptors (Lipinski definition) is 3. The Hall–Kier alpha value is -1.32. The van der Waals surface area contributed by atoms with E-state index in [1.807, 2.05) is 24.4 Å². The van der Waals surface area contributed by atoms with E-state index in [2.05, 4.69) is 27.8 Å². The third-order valence-corrected chi connectivity index (χ3v) is 3.02. The van der Waals surface area contributed by atoms with Crippen molar-refractivity contribution >= 4 is 29.0 Å². The third kappa shape index (κ3) is 2.68. The zero-order valence-corrected chi connectivity index (χ0v) is 10.3. The van der Waals surface area contributed by atoms with Crippen LogP contribution in [0.15, 0.2) is 36.5 Å². The second kappa shape index (κ2) is 5.34. The van der Waals surface area contributed by atoms with Crippen molar-refractivity contribution in [2.45, 2.75) is 12.5 Å². The van der Waals surface area contributed by atoms with E-state index >= 15 is 0 Å². The average Bonchev–Trinajstić information content (AvgIpc) is 2.82. The van der Waals surface area contributed by atoms with Gasteiger partial charge in [0, 0.05) is 18.0 Å². The summed E-state index contributed by atoms with van der Waals surface area (Å²) in [5.41, 5.74) is 2.17. The van der Waals surface area contributed by atoms with Crippen molar-refractivity contribution in [1.82, 2.24) is 10.3 Å². The first-order valence-corrected chi connectivity index (χ1v) is 5.74. The number of nitrogens with zero attached hydrogens (tertiary/aromatic N) is 1. The summed E-state index contributed by atoms with van der Waals surface area (Å²) in [6.07, 6.45) is 3.10. The van der Waals surface area contributed by atoms with Crippen molar-refractivity contribution in [2.75, 3.05) is 18.4 Å². The van der Waals surface area contributed by atoms with Gasteiger partial charge in [-0.25, -0.2) is 0 Å². The van der Waals surface area contributed by atoms with Gasteiger partial charge in [-0.3, -0.25) is 4.98 Å². The fourth-order valence-electron chi connectivity index (χ4n) is 2.16. The molecule has 0 radical (unpaired) electrons. The third-order valence-electron chi connectivity index (χ3n) is 3.02. The van der Waals surface area contributed by atoms with Crippen molar-refractivity contribution in [1.29, 1.82) is 0 Å². The van der Waals surface area contributed by atoms with E-state index < -0.39 is 0 Å². The normalized spacial score (nSPS) is 18.9. The van der Waals surface area contributed by atoms with Crippen LogP contribution in [0.4, 0.5) is 5.69 Å². The highest BCUT2D eigenvalue weighted by Crippen LogP contribution is 2.17. The highest BCUT2D eigenvalue weighted by atomic mass is 35.5. The number of rotatable bonds is 2. The minimum atomic E-state index is 0. The maximum atomic E-state index is 4.44. The van der Waals surface area contributed by atoms with Crippen LogP contribution in [0, 0.1) is 0 Å². The van der Waals surface area contributed by atoms with Crippen molar-refractivity contribution in [3.63, 3.8) is 0 Å². The van der Waals surface area contributed by atoms with Crippen molar-refractivity contribution < 1.29 is 0 Å². The van der Waals surface area contributed by atoms with Gasteiger partial charge < -0.3 is 10.6 Å². The lowest BCUT2D eigenvalue weighted by atomic mass is 10.2. The van der Waals surface area contributed by atoms with Crippen LogP contribution in [-0.4, -0.2) is 24.1 Å². The molecule has 1 aliphatic rings. The molecule has 1 aromatic heterocycles. The Bertz CT molecular complexity index is 495. The molecular weight excluding hydrogens is 234 g/mol. The molecule has 0 amide bonds. The summed E-state index contributed by atoms with van der Waals surface area (Å²) >= 11 is 0. The van der Waals surface area contributed by atoms with Crippen LogP contribution in [0.5, 0.6) is 0 Å². The predicted octanol–water partition coefficient (Wildman–Crippen LogP) is 2.43. The van der Waals surface area contributed by atoms with Crippen LogP contribution >= 0.6 is 12.4 Å². The second-order valence-electron chi connectivity index (χ2n) is 4.25. The van der Waals surface area contributed by atoms with Gasteiger partial charge in [0.25, 0.3) is 0 Å². The first kappa shape index (κ1) is 12.1. The van der Waals surface area contributed by atoms with Gasteiger partial charge in [-0.05, 0) is 25.1 Å². The summed E-state index contributed by atoms with van der Waals surface area (Å²) in [5.74, 6) is 0. The van der Waals surface area contributed by atoms with Gasteiger partial charge in [0.05, 0.1) is 17.4 Å². The number of pyridine rings is 1. The summed E-state index contributed by atoms with van der Waals surface area (Å²) in [7, 11) is 0. The van der Waals surface area contributed by atoms with Crippen molar-refractivity contribution in [3.8, 4) is 0 Å². The lowest BCUT2D eigenvalue weighted by Crippen LogP contribution is -2.22. The zero-order valence-electron chi connectivity index (χ0n) is 9.52. The summed E-state index contributed by atoms with van der Waals surface area (Å²) in [6.45, 7) is 2.16. The molecule has 1 aliphatic heterocycles. The van der Waals surface area contributed by atoms with Gasteiger partial charge >= 0.3 is 0 Å². The Labute approximate surface area is 107 Å². The minimum Gasteiger partial charge on any atom is -0.380 e. The van der Waals surface area contributed by atoms with Crippen molar-refractivity contribution in [2.24, 2.45) is 0 Å². The Kier molecular flexibility index (Phi) is 3.82. The number of fused-ring (bicyclic) bond motifs is 1. The first-order chi connectivity index (χ1) is 7.92. The molecule has 0 spiro atoms. The largest absolute Gasteiger partial charge is 0.380 e. The average molecular weight is 250 g/mol. The SMILES string of the molecule is Cl.c1ccc2ncc(N[C@@H]3CCNC3)cc2c1. The molecule has 1 fully saturated rings. The van der Waals surface area contributed by atoms with Crippen LogP contribution in [0.2, 0.25) is 0 Å². The van der Waals surface area contributed by atoms with E-state index in [-0.39, 0.29) is 12.4 Å². The molecule has 4 heteroatoms. The van der Waals surface area contributed by atoms with E-state index in [1.54, 1.807) is 0 Å². The number of aromatic nitrogens is 1. The molecule has 1 saturated heterocycles. The Morgan fingerprint density at radius 1 is 1.29 bits per heavy atom. The summed E-state index contributed by atoms with van der Waals surface area (Å²) in [5, 5.41) is 8.05. The standard InChI is InChI=1S/C13H15N3.ClH/c1-2-4-13-10(3-1)7-12(9-15-13)16-11-5-6-14-8-11;/h1-4,7,9,11,14,16H,5-6,8H2;1H/t11-;/m1./s1. The molecule has 2 heterocycles. The summed E-state index contributed by atoms with van der Waals surface area (Å²) in [6, 6.07) is 10.9. The topological polar surface area (TPSA) is 37.0 Å². The van der Waals surface area contributed by atoms with E-state index in [4.69, 9.17) is 0 Å². The van der Waals surface area contributed by atoms with Crippen LogP contribution < -0.4 is 10.6 Å². The monoisotopic (exact) mass is 249 g/mol. The molecular formula is C13H16ClN3. The number of para-hydroxylation sites is 1. The number of nitrogens with one attached hydrogen (secondary N) is 2. The van der Waals surface area contributed by atoms with E-state index in [9.17, 15) is 0 Å². The first-order valence-electron chi connectivity index (χ1n) is 5.74. The van der Waals surface area contributed by atoms with Gasteiger partial charge in [-0.2, -0.15) is 0 Å². The minimum absolute atomic E-state index is 0. The fraction of sp³-hybridized carbons (Fsp3) is 0.308. The lowest BCUT2D eigenvalue weighted by molar-refractivity contribution is 0.793. The molecule has 90 valence electrons. The van der Waals surface area contributed by atoms with E-state index in [0.717, 1.165) is 24.3 Å². The number of halogens is 1. The van der Waals surface area contributed by atoms with Gasteiger partial charge in [0.2, 0.25) is 0 Å². The molecule has 0 aliphatic carbocycles. The highest BCUT2D eigenvalue weighted by molar-refractivity contribution is 5.85. The van der Waals surface area contributed by atoms with Gasteiger partial charge in [0.15, 0.2) is 0 Å². The lowest BCUT2D eigenvalue weighted by Gasteiger charge is -2.12. The molecule has 3 rings (SSSR count). The number of hydrogen-bond donors (Lipinski definition) is 2. The van der Waals surface area contributed by atoms with Gasteiger partial charge in [0.1, 0.15) is 0 Å². The highest BCUT2D eigenvalue weighted by Gasteiger charge is 2.13. The predicted molar refractivity (Wildman–Crippen MR) is 73.9 cm³/mol. The fourth-order valence-corrected chi connectivity index (χ4v) is 2.16. The molecule has 2 aromatic rings. The Morgan fingerprint density at radius 3 is 3.00 bits per heavy atom. The number of benzene rings is 1. The second-order valence-corrected chi connectivity index (χ2v) is 4.25. The molecule has 3 nitrogen and oxygen atoms in total. The molecule has 0 saturated carbocycles. The molecule has 0 unspecified atom stereocenters. The van der Waals surface area contributed by atoms with Crippen LogP contribution in [-0.2, 0) is 0 Å². The van der Waals surface area contributed by atoms with E-state index in [1.165, 1.54) is 11.8 Å². The Morgan fingerprint density at radius 2 is 2.18 bits per heavy atom. The maximum absolute atomic E-state index is 4.44. The maximum Gasteiger partial charge on any atom is 0.0703 e. The van der Waals surface area contributed by atoms with Crippen molar-refractivity contribution in [3.05, 3.63) is 36.5 Å². The summed E-state index contributed by atoms with van der Waals surface area (Å²) in [4.78, 5) is 4.44. The van der Waals surface area contributed by atoms with Gasteiger partial charge in [-0.15, -0.1) is 12.4 Å². The molecule has 17 heavy (non-hydrogen) atoms. The Balaban J connectivity index is 0.00000108. The quantitative estimate of drug-likeness (QED) is 0.859. The summed E-state index contributed by atoms with van der Waals surface area (Å²) < 4.78 is 0. The molecule has 2 N–H and O–H groups in total. The smallest absolute Gasteiger partial charge is 0.0703 e. The van der Waals surface area contributed by atoms with Crippen LogP contribution in [0.25, 0.3) is 10.9 Å². The van der Waals surface area contributed by atoms with Crippen LogP contribution in [0.1, 0.15) is 6.42 Å². The molecule has 1 aromatic carbocycles. The number of anilines is 1.